The second kappa shape index (κ2) is 6.92. The molecule has 2 aromatic rings. The van der Waals surface area contributed by atoms with Gasteiger partial charge in [0.05, 0.1) is 18.5 Å². The molecule has 2 N–H and O–H groups in total. The average molecular weight is 287 g/mol. The van der Waals surface area contributed by atoms with Crippen LogP contribution in [0.15, 0.2) is 24.3 Å². The van der Waals surface area contributed by atoms with Crippen LogP contribution in [0.5, 0.6) is 5.75 Å². The molecule has 0 saturated carbocycles. The van der Waals surface area contributed by atoms with Gasteiger partial charge in [-0.05, 0) is 18.6 Å². The van der Waals surface area contributed by atoms with Crippen molar-refractivity contribution in [2.75, 3.05) is 12.4 Å². The SMILES string of the molecule is CCCc1[nH]nc(-c2cccc(OC)c2)c1NC(=O)CC. The van der Waals surface area contributed by atoms with E-state index < -0.39 is 0 Å². The molecule has 0 atom stereocenters. The molecule has 1 aromatic heterocycles. The molecular formula is C16H21N3O2. The van der Waals surface area contributed by atoms with Gasteiger partial charge >= 0.3 is 0 Å². The molecule has 0 fully saturated rings. The van der Waals surface area contributed by atoms with Gasteiger partial charge in [-0.25, -0.2) is 0 Å². The van der Waals surface area contributed by atoms with E-state index in [0.29, 0.717) is 6.42 Å². The van der Waals surface area contributed by atoms with Crippen LogP contribution in [0.1, 0.15) is 32.4 Å². The lowest BCUT2D eigenvalue weighted by Gasteiger charge is -2.08. The van der Waals surface area contributed by atoms with Crippen molar-refractivity contribution in [3.8, 4) is 17.0 Å². The molecule has 1 aromatic carbocycles. The highest BCUT2D eigenvalue weighted by atomic mass is 16.5. The summed E-state index contributed by atoms with van der Waals surface area (Å²) in [5.41, 5.74) is 3.40. The number of aryl methyl sites for hydroxylation is 1. The predicted molar refractivity (Wildman–Crippen MR) is 83.5 cm³/mol. The Morgan fingerprint density at radius 3 is 2.86 bits per heavy atom. The summed E-state index contributed by atoms with van der Waals surface area (Å²) in [5.74, 6) is 0.748. The molecule has 21 heavy (non-hydrogen) atoms. The van der Waals surface area contributed by atoms with Crippen LogP contribution >= 0.6 is 0 Å². The van der Waals surface area contributed by atoms with Crippen molar-refractivity contribution < 1.29 is 9.53 Å². The van der Waals surface area contributed by atoms with Gasteiger partial charge in [0.2, 0.25) is 5.91 Å². The molecule has 0 aliphatic heterocycles. The fourth-order valence-corrected chi connectivity index (χ4v) is 2.15. The number of nitrogens with one attached hydrogen (secondary N) is 2. The maximum atomic E-state index is 11.8. The first-order chi connectivity index (χ1) is 10.2. The van der Waals surface area contributed by atoms with E-state index in [1.807, 2.05) is 31.2 Å². The highest BCUT2D eigenvalue weighted by Crippen LogP contribution is 2.31. The minimum absolute atomic E-state index is 0.0158. The molecule has 112 valence electrons. The number of aromatic nitrogens is 2. The first kappa shape index (κ1) is 15.1. The van der Waals surface area contributed by atoms with E-state index in [1.165, 1.54) is 0 Å². The van der Waals surface area contributed by atoms with Crippen molar-refractivity contribution in [2.24, 2.45) is 0 Å². The van der Waals surface area contributed by atoms with Crippen LogP contribution in [0.2, 0.25) is 0 Å². The van der Waals surface area contributed by atoms with Gasteiger partial charge in [0, 0.05) is 12.0 Å². The van der Waals surface area contributed by atoms with E-state index in [1.54, 1.807) is 7.11 Å². The Morgan fingerprint density at radius 1 is 1.38 bits per heavy atom. The van der Waals surface area contributed by atoms with E-state index in [4.69, 9.17) is 4.74 Å². The molecule has 0 bridgehead atoms. The van der Waals surface area contributed by atoms with E-state index in [0.717, 1.165) is 41.2 Å². The molecule has 0 saturated heterocycles. The van der Waals surface area contributed by atoms with Crippen LogP contribution < -0.4 is 10.1 Å². The second-order valence-electron chi connectivity index (χ2n) is 4.81. The van der Waals surface area contributed by atoms with Crippen molar-refractivity contribution in [3.63, 3.8) is 0 Å². The maximum Gasteiger partial charge on any atom is 0.224 e. The number of ether oxygens (including phenoxy) is 1. The number of carbonyl (C=O) groups excluding carboxylic acids is 1. The molecule has 0 radical (unpaired) electrons. The lowest BCUT2D eigenvalue weighted by Crippen LogP contribution is -2.11. The molecule has 0 aliphatic carbocycles. The van der Waals surface area contributed by atoms with Gasteiger partial charge in [0.1, 0.15) is 11.4 Å². The Labute approximate surface area is 124 Å². The maximum absolute atomic E-state index is 11.8. The molecule has 0 spiro atoms. The van der Waals surface area contributed by atoms with Gasteiger partial charge in [0.15, 0.2) is 0 Å². The quantitative estimate of drug-likeness (QED) is 0.855. The summed E-state index contributed by atoms with van der Waals surface area (Å²) in [5, 5.41) is 10.4. The minimum atomic E-state index is -0.0158. The highest BCUT2D eigenvalue weighted by Gasteiger charge is 2.16. The van der Waals surface area contributed by atoms with Gasteiger partial charge in [-0.2, -0.15) is 5.10 Å². The van der Waals surface area contributed by atoms with E-state index >= 15 is 0 Å². The third-order valence-corrected chi connectivity index (χ3v) is 3.27. The molecule has 1 heterocycles. The number of carbonyl (C=O) groups is 1. The minimum Gasteiger partial charge on any atom is -0.497 e. The molecule has 0 aliphatic rings. The van der Waals surface area contributed by atoms with Gasteiger partial charge in [0.25, 0.3) is 0 Å². The van der Waals surface area contributed by atoms with Crippen LogP contribution in [0, 0.1) is 0 Å². The molecule has 1 amide bonds. The number of aromatic amines is 1. The number of hydrogen-bond acceptors (Lipinski definition) is 3. The summed E-state index contributed by atoms with van der Waals surface area (Å²) in [4.78, 5) is 11.8. The number of rotatable bonds is 6. The van der Waals surface area contributed by atoms with E-state index in [-0.39, 0.29) is 5.91 Å². The first-order valence-electron chi connectivity index (χ1n) is 7.21. The Bertz CT molecular complexity index is 620. The topological polar surface area (TPSA) is 67.0 Å². The van der Waals surface area contributed by atoms with Crippen LogP contribution in [0.4, 0.5) is 5.69 Å². The Kier molecular flexibility index (Phi) is 4.98. The number of hydrogen-bond donors (Lipinski definition) is 2. The Balaban J connectivity index is 2.44. The molecule has 5 heteroatoms. The standard InChI is InChI=1S/C16H21N3O2/c1-4-7-13-16(17-14(20)5-2)15(19-18-13)11-8-6-9-12(10-11)21-3/h6,8-10H,4-5,7H2,1-3H3,(H,17,20)(H,18,19). The number of anilines is 1. The fraction of sp³-hybridized carbons (Fsp3) is 0.375. The summed E-state index contributed by atoms with van der Waals surface area (Å²) in [7, 11) is 1.63. The lowest BCUT2D eigenvalue weighted by molar-refractivity contribution is -0.115. The summed E-state index contributed by atoms with van der Waals surface area (Å²) >= 11 is 0. The van der Waals surface area contributed by atoms with Gasteiger partial charge < -0.3 is 10.1 Å². The molecule has 5 nitrogen and oxygen atoms in total. The van der Waals surface area contributed by atoms with Crippen molar-refractivity contribution in [1.82, 2.24) is 10.2 Å². The van der Waals surface area contributed by atoms with Gasteiger partial charge in [-0.3, -0.25) is 9.89 Å². The first-order valence-corrected chi connectivity index (χ1v) is 7.21. The Morgan fingerprint density at radius 2 is 2.19 bits per heavy atom. The summed E-state index contributed by atoms with van der Waals surface area (Å²) < 4.78 is 5.25. The Hall–Kier alpha value is -2.30. The zero-order valence-corrected chi connectivity index (χ0v) is 12.7. The molecular weight excluding hydrogens is 266 g/mol. The monoisotopic (exact) mass is 287 g/mol. The van der Waals surface area contributed by atoms with Gasteiger partial charge in [-0.1, -0.05) is 32.4 Å². The van der Waals surface area contributed by atoms with E-state index in [9.17, 15) is 4.79 Å². The van der Waals surface area contributed by atoms with Crippen molar-refractivity contribution >= 4 is 11.6 Å². The molecule has 0 unspecified atom stereocenters. The third kappa shape index (κ3) is 3.42. The van der Waals surface area contributed by atoms with Crippen LogP contribution in [-0.4, -0.2) is 23.2 Å². The van der Waals surface area contributed by atoms with Crippen LogP contribution in [-0.2, 0) is 11.2 Å². The second-order valence-corrected chi connectivity index (χ2v) is 4.81. The predicted octanol–water partition coefficient (Wildman–Crippen LogP) is 3.39. The van der Waals surface area contributed by atoms with Crippen LogP contribution in [0.25, 0.3) is 11.3 Å². The number of methoxy groups -OCH3 is 1. The zero-order chi connectivity index (χ0) is 15.2. The molecule has 2 rings (SSSR count). The summed E-state index contributed by atoms with van der Waals surface area (Å²) in [6.45, 7) is 3.93. The smallest absolute Gasteiger partial charge is 0.224 e. The van der Waals surface area contributed by atoms with E-state index in [2.05, 4.69) is 22.4 Å². The summed E-state index contributed by atoms with van der Waals surface area (Å²) in [6, 6.07) is 7.66. The normalized spacial score (nSPS) is 10.4. The van der Waals surface area contributed by atoms with Crippen molar-refractivity contribution in [1.29, 1.82) is 0 Å². The summed E-state index contributed by atoms with van der Waals surface area (Å²) in [6.07, 6.45) is 2.26. The lowest BCUT2D eigenvalue weighted by atomic mass is 10.1. The highest BCUT2D eigenvalue weighted by molar-refractivity contribution is 5.95. The number of nitrogens with zero attached hydrogens (tertiary/aromatic N) is 1. The largest absolute Gasteiger partial charge is 0.497 e. The number of benzene rings is 1. The average Bonchev–Trinajstić information content (AvgIpc) is 2.90. The number of amides is 1. The van der Waals surface area contributed by atoms with Gasteiger partial charge in [-0.15, -0.1) is 0 Å². The zero-order valence-electron chi connectivity index (χ0n) is 12.7. The van der Waals surface area contributed by atoms with Crippen molar-refractivity contribution in [3.05, 3.63) is 30.0 Å². The fourth-order valence-electron chi connectivity index (χ4n) is 2.15. The van der Waals surface area contributed by atoms with Crippen LogP contribution in [0.3, 0.4) is 0 Å². The third-order valence-electron chi connectivity index (χ3n) is 3.27. The number of H-pyrrole nitrogens is 1. The van der Waals surface area contributed by atoms with Crippen molar-refractivity contribution in [2.45, 2.75) is 33.1 Å².